The molecule has 2 aromatic rings. The molecule has 1 saturated heterocycles. The molecule has 8 heteroatoms. The smallest absolute Gasteiger partial charge is 0.321 e. The maximum Gasteiger partial charge on any atom is 0.321 e. The number of carbonyl (C=O) groups excluding carboxylic acids is 2. The van der Waals surface area contributed by atoms with Gasteiger partial charge in [-0.05, 0) is 42.8 Å². The minimum absolute atomic E-state index is 0.230. The van der Waals surface area contributed by atoms with Gasteiger partial charge in [0.2, 0.25) is 0 Å². The molecule has 0 spiro atoms. The van der Waals surface area contributed by atoms with Gasteiger partial charge in [0.25, 0.3) is 5.91 Å². The summed E-state index contributed by atoms with van der Waals surface area (Å²) in [5.74, 6) is -0.662. The van der Waals surface area contributed by atoms with Crippen molar-refractivity contribution in [1.82, 2.24) is 9.80 Å². The first kappa shape index (κ1) is 20.9. The van der Waals surface area contributed by atoms with Gasteiger partial charge in [-0.3, -0.25) is 4.79 Å². The van der Waals surface area contributed by atoms with Crippen molar-refractivity contribution in [2.45, 2.75) is 6.42 Å². The average molecular weight is 419 g/mol. The summed E-state index contributed by atoms with van der Waals surface area (Å²) in [4.78, 5) is 30.3. The molecule has 1 fully saturated rings. The van der Waals surface area contributed by atoms with Gasteiger partial charge < -0.3 is 20.0 Å². The van der Waals surface area contributed by atoms with Crippen LogP contribution >= 0.6 is 11.6 Å². The first-order valence-electron chi connectivity index (χ1n) is 9.43. The summed E-state index contributed by atoms with van der Waals surface area (Å²) in [6.07, 6.45) is 0.646. The van der Waals surface area contributed by atoms with E-state index in [1.807, 2.05) is 0 Å². The zero-order chi connectivity index (χ0) is 21.0. The van der Waals surface area contributed by atoms with Crippen molar-refractivity contribution in [2.24, 2.45) is 0 Å². The fourth-order valence-corrected chi connectivity index (χ4v) is 3.47. The van der Waals surface area contributed by atoms with Crippen LogP contribution in [0.15, 0.2) is 42.5 Å². The fraction of sp³-hybridized carbons (Fsp3) is 0.333. The molecule has 3 rings (SSSR count). The van der Waals surface area contributed by atoms with Crippen LogP contribution < -0.4 is 10.2 Å². The molecule has 29 heavy (non-hydrogen) atoms. The molecule has 154 valence electrons. The maximum atomic E-state index is 14.2. The molecule has 0 radical (unpaired) electrons. The van der Waals surface area contributed by atoms with Crippen molar-refractivity contribution < 1.29 is 14.0 Å². The van der Waals surface area contributed by atoms with Crippen LogP contribution in [0.1, 0.15) is 16.8 Å². The second kappa shape index (κ2) is 9.13. The van der Waals surface area contributed by atoms with Crippen LogP contribution in [-0.4, -0.2) is 62.0 Å². The van der Waals surface area contributed by atoms with Crippen molar-refractivity contribution >= 4 is 34.9 Å². The lowest BCUT2D eigenvalue weighted by Gasteiger charge is -2.23. The lowest BCUT2D eigenvalue weighted by Crippen LogP contribution is -2.39. The van der Waals surface area contributed by atoms with Gasteiger partial charge in [-0.15, -0.1) is 0 Å². The molecule has 0 aliphatic carbocycles. The number of anilines is 2. The summed E-state index contributed by atoms with van der Waals surface area (Å²) in [7, 11) is 3.50. The molecule has 0 atom stereocenters. The van der Waals surface area contributed by atoms with E-state index >= 15 is 0 Å². The predicted molar refractivity (Wildman–Crippen MR) is 113 cm³/mol. The van der Waals surface area contributed by atoms with E-state index in [-0.39, 0.29) is 11.9 Å². The molecule has 1 heterocycles. The largest absolute Gasteiger partial charge is 0.375 e. The Hall–Kier alpha value is -2.80. The van der Waals surface area contributed by atoms with Crippen LogP contribution in [0.3, 0.4) is 0 Å². The van der Waals surface area contributed by atoms with Gasteiger partial charge >= 0.3 is 6.03 Å². The summed E-state index contributed by atoms with van der Waals surface area (Å²) in [5, 5.41) is 3.37. The molecule has 0 aromatic heterocycles. The Balaban J connectivity index is 1.62. The number of hydrogen-bond acceptors (Lipinski definition) is 3. The van der Waals surface area contributed by atoms with Gasteiger partial charge in [0.05, 0.1) is 5.69 Å². The number of nitrogens with zero attached hydrogens (tertiary/aromatic N) is 3. The van der Waals surface area contributed by atoms with Gasteiger partial charge in [-0.1, -0.05) is 17.7 Å². The second-order valence-corrected chi connectivity index (χ2v) is 7.57. The van der Waals surface area contributed by atoms with Gasteiger partial charge in [0, 0.05) is 56.5 Å². The van der Waals surface area contributed by atoms with Crippen LogP contribution in [0.5, 0.6) is 0 Å². The van der Waals surface area contributed by atoms with Gasteiger partial charge in [-0.2, -0.15) is 0 Å². The summed E-state index contributed by atoms with van der Waals surface area (Å²) < 4.78 is 14.2. The van der Waals surface area contributed by atoms with E-state index < -0.39 is 5.82 Å². The molecule has 6 nitrogen and oxygen atoms in total. The Morgan fingerprint density at radius 2 is 1.76 bits per heavy atom. The predicted octanol–water partition coefficient (Wildman–Crippen LogP) is 3.93. The lowest BCUT2D eigenvalue weighted by molar-refractivity contribution is 0.0762. The van der Waals surface area contributed by atoms with Crippen LogP contribution in [0.25, 0.3) is 0 Å². The number of hydrogen-bond donors (Lipinski definition) is 1. The van der Waals surface area contributed by atoms with E-state index in [0.29, 0.717) is 54.6 Å². The summed E-state index contributed by atoms with van der Waals surface area (Å²) in [6, 6.07) is 11.2. The second-order valence-electron chi connectivity index (χ2n) is 7.13. The van der Waals surface area contributed by atoms with E-state index in [1.54, 1.807) is 65.2 Å². The highest BCUT2D eigenvalue weighted by Crippen LogP contribution is 2.20. The normalized spacial score (nSPS) is 14.3. The molecule has 0 bridgehead atoms. The summed E-state index contributed by atoms with van der Waals surface area (Å²) in [6.45, 7) is 1.83. The SMILES string of the molecule is CN(C)c1ccc(C(=O)N2CCCN(C(=O)Nc3cccc(Cl)c3)CC2)cc1F. The Labute approximate surface area is 174 Å². The van der Waals surface area contributed by atoms with Crippen molar-refractivity contribution in [2.75, 3.05) is 50.5 Å². The first-order valence-corrected chi connectivity index (χ1v) is 9.80. The quantitative estimate of drug-likeness (QED) is 0.821. The molecular weight excluding hydrogens is 395 g/mol. The number of urea groups is 1. The lowest BCUT2D eigenvalue weighted by atomic mass is 10.1. The number of carbonyl (C=O) groups is 2. The highest BCUT2D eigenvalue weighted by atomic mass is 35.5. The van der Waals surface area contributed by atoms with Gasteiger partial charge in [0.15, 0.2) is 0 Å². The Bertz CT molecular complexity index is 906. The Morgan fingerprint density at radius 1 is 1.03 bits per heavy atom. The number of rotatable bonds is 3. The first-order chi connectivity index (χ1) is 13.8. The average Bonchev–Trinajstić information content (AvgIpc) is 2.93. The third-order valence-corrected chi connectivity index (χ3v) is 5.06. The van der Waals surface area contributed by atoms with Crippen molar-refractivity contribution in [1.29, 1.82) is 0 Å². The molecule has 0 unspecified atom stereocenters. The zero-order valence-corrected chi connectivity index (χ0v) is 17.2. The van der Waals surface area contributed by atoms with Crippen molar-refractivity contribution in [3.05, 3.63) is 58.9 Å². The molecule has 1 aliphatic heterocycles. The zero-order valence-electron chi connectivity index (χ0n) is 16.5. The third kappa shape index (κ3) is 5.17. The summed E-state index contributed by atoms with van der Waals surface area (Å²) in [5.41, 5.74) is 1.36. The maximum absolute atomic E-state index is 14.2. The minimum atomic E-state index is -0.432. The van der Waals surface area contributed by atoms with Crippen LogP contribution in [0.4, 0.5) is 20.6 Å². The highest BCUT2D eigenvalue weighted by molar-refractivity contribution is 6.30. The Kier molecular flexibility index (Phi) is 6.59. The molecule has 0 saturated carbocycles. The van der Waals surface area contributed by atoms with E-state index in [0.717, 1.165) is 0 Å². The van der Waals surface area contributed by atoms with E-state index in [1.165, 1.54) is 6.07 Å². The monoisotopic (exact) mass is 418 g/mol. The molecular formula is C21H24ClFN4O2. The van der Waals surface area contributed by atoms with Gasteiger partial charge in [0.1, 0.15) is 5.82 Å². The third-order valence-electron chi connectivity index (χ3n) is 4.82. The number of nitrogens with one attached hydrogen (secondary N) is 1. The summed E-state index contributed by atoms with van der Waals surface area (Å²) >= 11 is 5.95. The van der Waals surface area contributed by atoms with Crippen LogP contribution in [0.2, 0.25) is 5.02 Å². The van der Waals surface area contributed by atoms with E-state index in [9.17, 15) is 14.0 Å². The topological polar surface area (TPSA) is 55.9 Å². The highest BCUT2D eigenvalue weighted by Gasteiger charge is 2.23. The molecule has 1 aliphatic rings. The fourth-order valence-electron chi connectivity index (χ4n) is 3.28. The van der Waals surface area contributed by atoms with Crippen LogP contribution in [0, 0.1) is 5.82 Å². The van der Waals surface area contributed by atoms with E-state index in [4.69, 9.17) is 11.6 Å². The standard InChI is InChI=1S/C21H24ClFN4O2/c1-25(2)19-8-7-15(13-18(19)23)20(28)26-9-4-10-27(12-11-26)21(29)24-17-6-3-5-16(22)14-17/h3,5-8,13-14H,4,9-12H2,1-2H3,(H,24,29). The molecule has 2 aromatic carbocycles. The van der Waals surface area contributed by atoms with E-state index in [2.05, 4.69) is 5.32 Å². The minimum Gasteiger partial charge on any atom is -0.375 e. The molecule has 3 amide bonds. The van der Waals surface area contributed by atoms with Crippen molar-refractivity contribution in [3.63, 3.8) is 0 Å². The Morgan fingerprint density at radius 3 is 2.45 bits per heavy atom. The van der Waals surface area contributed by atoms with Crippen LogP contribution in [-0.2, 0) is 0 Å². The van der Waals surface area contributed by atoms with Gasteiger partial charge in [-0.25, -0.2) is 9.18 Å². The van der Waals surface area contributed by atoms with Crippen molar-refractivity contribution in [3.8, 4) is 0 Å². The number of halogens is 2. The number of benzene rings is 2. The number of amides is 3. The molecule has 1 N–H and O–H groups in total.